The standard InChI is InChI=1S/C18H14F3N5O4/c1-10-7-16(25(24-10)15-6-4-12(9-22-15)18(19,20)21)23-17(27)11-3-5-14(30-2)13(8-11)26(28)29/h3-9H,1-2H3,(H,23,27). The van der Waals surface area contributed by atoms with Gasteiger partial charge in [-0.25, -0.2) is 4.98 Å². The van der Waals surface area contributed by atoms with Gasteiger partial charge in [-0.3, -0.25) is 14.9 Å². The molecule has 0 aliphatic rings. The van der Waals surface area contributed by atoms with Gasteiger partial charge in [0.15, 0.2) is 11.6 Å². The maximum Gasteiger partial charge on any atom is 0.417 e. The molecule has 9 nitrogen and oxygen atoms in total. The molecule has 0 fully saturated rings. The summed E-state index contributed by atoms with van der Waals surface area (Å²) in [6.07, 6.45) is -3.88. The van der Waals surface area contributed by atoms with Crippen molar-refractivity contribution in [3.63, 3.8) is 0 Å². The molecule has 1 aromatic carbocycles. The number of hydrogen-bond donors (Lipinski definition) is 1. The molecule has 0 radical (unpaired) electrons. The van der Waals surface area contributed by atoms with Crippen molar-refractivity contribution in [1.82, 2.24) is 14.8 Å². The van der Waals surface area contributed by atoms with Crippen molar-refractivity contribution in [3.8, 4) is 11.6 Å². The molecule has 0 unspecified atom stereocenters. The first-order chi connectivity index (χ1) is 14.1. The number of nitrogens with one attached hydrogen (secondary N) is 1. The third kappa shape index (κ3) is 4.21. The highest BCUT2D eigenvalue weighted by molar-refractivity contribution is 6.04. The van der Waals surface area contributed by atoms with Crippen molar-refractivity contribution in [2.45, 2.75) is 13.1 Å². The monoisotopic (exact) mass is 421 g/mol. The van der Waals surface area contributed by atoms with Crippen LogP contribution in [0.15, 0.2) is 42.6 Å². The maximum atomic E-state index is 12.7. The van der Waals surface area contributed by atoms with Crippen LogP contribution in [0.5, 0.6) is 5.75 Å². The van der Waals surface area contributed by atoms with E-state index in [9.17, 15) is 28.1 Å². The lowest BCUT2D eigenvalue weighted by Crippen LogP contribution is -2.16. The van der Waals surface area contributed by atoms with Gasteiger partial charge >= 0.3 is 11.9 Å². The third-order valence-corrected chi connectivity index (χ3v) is 4.00. The molecule has 0 spiro atoms. The van der Waals surface area contributed by atoms with Crippen molar-refractivity contribution in [3.05, 3.63) is 69.5 Å². The average molecular weight is 421 g/mol. The van der Waals surface area contributed by atoms with Crippen LogP contribution in [0, 0.1) is 17.0 Å². The number of carbonyl (C=O) groups excluding carboxylic acids is 1. The van der Waals surface area contributed by atoms with Crippen LogP contribution in [0.3, 0.4) is 0 Å². The number of methoxy groups -OCH3 is 1. The molecule has 30 heavy (non-hydrogen) atoms. The van der Waals surface area contributed by atoms with Crippen LogP contribution in [0.4, 0.5) is 24.7 Å². The van der Waals surface area contributed by atoms with Gasteiger partial charge in [-0.05, 0) is 31.2 Å². The first-order valence-electron chi connectivity index (χ1n) is 8.34. The minimum absolute atomic E-state index is 0.00797. The number of nitrogens with zero attached hydrogens (tertiary/aromatic N) is 4. The van der Waals surface area contributed by atoms with Crippen LogP contribution in [-0.4, -0.2) is 32.7 Å². The summed E-state index contributed by atoms with van der Waals surface area (Å²) in [5.74, 6) is -0.518. The minimum atomic E-state index is -4.54. The summed E-state index contributed by atoms with van der Waals surface area (Å²) in [7, 11) is 1.26. The number of anilines is 1. The van der Waals surface area contributed by atoms with Crippen LogP contribution in [0.2, 0.25) is 0 Å². The molecule has 1 amide bonds. The Morgan fingerprint density at radius 3 is 2.53 bits per heavy atom. The van der Waals surface area contributed by atoms with Gasteiger partial charge in [-0.15, -0.1) is 0 Å². The van der Waals surface area contributed by atoms with Crippen molar-refractivity contribution < 1.29 is 27.6 Å². The topological polar surface area (TPSA) is 112 Å². The summed E-state index contributed by atoms with van der Waals surface area (Å²) < 4.78 is 44.3. The Kier molecular flexibility index (Phi) is 5.41. The van der Waals surface area contributed by atoms with Crippen LogP contribution in [-0.2, 0) is 6.18 Å². The van der Waals surface area contributed by atoms with E-state index in [1.165, 1.54) is 25.3 Å². The van der Waals surface area contributed by atoms with E-state index < -0.39 is 22.6 Å². The second-order valence-corrected chi connectivity index (χ2v) is 6.08. The summed E-state index contributed by atoms with van der Waals surface area (Å²) in [4.78, 5) is 26.8. The lowest BCUT2D eigenvalue weighted by molar-refractivity contribution is -0.385. The predicted octanol–water partition coefficient (Wildman–Crippen LogP) is 3.76. The summed E-state index contributed by atoms with van der Waals surface area (Å²) in [5, 5.41) is 17.8. The molecule has 0 aliphatic heterocycles. The number of rotatable bonds is 5. The first kappa shape index (κ1) is 20.8. The summed E-state index contributed by atoms with van der Waals surface area (Å²) >= 11 is 0. The fourth-order valence-corrected chi connectivity index (χ4v) is 2.60. The van der Waals surface area contributed by atoms with Gasteiger partial charge < -0.3 is 10.1 Å². The number of nitro benzene ring substituents is 1. The number of ether oxygens (including phenoxy) is 1. The van der Waals surface area contributed by atoms with E-state index in [0.717, 1.165) is 22.9 Å². The molecule has 2 heterocycles. The van der Waals surface area contributed by atoms with E-state index in [0.29, 0.717) is 11.9 Å². The summed E-state index contributed by atoms with van der Waals surface area (Å²) in [5.41, 5.74) is -0.869. The van der Waals surface area contributed by atoms with Gasteiger partial charge in [0.05, 0.1) is 23.3 Å². The predicted molar refractivity (Wildman–Crippen MR) is 98.7 cm³/mol. The number of nitro groups is 1. The molecule has 12 heteroatoms. The highest BCUT2D eigenvalue weighted by atomic mass is 19.4. The number of hydrogen-bond acceptors (Lipinski definition) is 6. The largest absolute Gasteiger partial charge is 0.490 e. The van der Waals surface area contributed by atoms with Gasteiger partial charge in [0.25, 0.3) is 5.91 Å². The minimum Gasteiger partial charge on any atom is -0.490 e. The Morgan fingerprint density at radius 2 is 1.97 bits per heavy atom. The Balaban J connectivity index is 1.91. The Morgan fingerprint density at radius 1 is 1.23 bits per heavy atom. The molecule has 0 saturated heterocycles. The highest BCUT2D eigenvalue weighted by Crippen LogP contribution is 2.30. The highest BCUT2D eigenvalue weighted by Gasteiger charge is 2.31. The number of carbonyl (C=O) groups is 1. The smallest absolute Gasteiger partial charge is 0.417 e. The maximum absolute atomic E-state index is 12.7. The Bertz CT molecular complexity index is 1110. The Hall–Kier alpha value is -3.96. The van der Waals surface area contributed by atoms with Crippen molar-refractivity contribution in [2.24, 2.45) is 0 Å². The number of aromatic nitrogens is 3. The van der Waals surface area contributed by atoms with Gasteiger partial charge in [-0.1, -0.05) is 0 Å². The number of benzene rings is 1. The molecular weight excluding hydrogens is 407 g/mol. The SMILES string of the molecule is COc1ccc(C(=O)Nc2cc(C)nn2-c2ccc(C(F)(F)F)cn2)cc1[N+](=O)[O-]. The molecule has 156 valence electrons. The third-order valence-electron chi connectivity index (χ3n) is 4.00. The number of aryl methyl sites for hydroxylation is 1. The number of alkyl halides is 3. The molecular formula is C18H14F3N5O4. The molecule has 0 saturated carbocycles. The zero-order valence-corrected chi connectivity index (χ0v) is 15.6. The molecule has 0 aliphatic carbocycles. The molecule has 0 bridgehead atoms. The summed E-state index contributed by atoms with van der Waals surface area (Å²) in [6.45, 7) is 1.62. The first-order valence-corrected chi connectivity index (χ1v) is 8.34. The molecule has 3 aromatic rings. The second kappa shape index (κ2) is 7.81. The lowest BCUT2D eigenvalue weighted by Gasteiger charge is -2.10. The van der Waals surface area contributed by atoms with Crippen molar-refractivity contribution in [2.75, 3.05) is 12.4 Å². The van der Waals surface area contributed by atoms with E-state index in [4.69, 9.17) is 4.74 Å². The van der Waals surface area contributed by atoms with E-state index >= 15 is 0 Å². The second-order valence-electron chi connectivity index (χ2n) is 6.08. The molecule has 3 rings (SSSR count). The van der Waals surface area contributed by atoms with E-state index in [-0.39, 0.29) is 28.6 Å². The van der Waals surface area contributed by atoms with Crippen LogP contribution >= 0.6 is 0 Å². The zero-order valence-electron chi connectivity index (χ0n) is 15.6. The average Bonchev–Trinajstić information content (AvgIpc) is 3.06. The molecule has 2 aromatic heterocycles. The zero-order chi connectivity index (χ0) is 22.1. The fraction of sp³-hybridized carbons (Fsp3) is 0.167. The van der Waals surface area contributed by atoms with Gasteiger partial charge in [-0.2, -0.15) is 23.0 Å². The van der Waals surface area contributed by atoms with Gasteiger partial charge in [0, 0.05) is 23.9 Å². The van der Waals surface area contributed by atoms with E-state index in [1.807, 2.05) is 0 Å². The normalized spacial score (nSPS) is 11.2. The number of pyridine rings is 1. The van der Waals surface area contributed by atoms with Crippen LogP contribution < -0.4 is 10.1 Å². The molecule has 0 atom stereocenters. The van der Waals surface area contributed by atoms with Crippen LogP contribution in [0.1, 0.15) is 21.6 Å². The number of halogens is 3. The number of amides is 1. The van der Waals surface area contributed by atoms with Gasteiger partial charge in [0.2, 0.25) is 0 Å². The quantitative estimate of drug-likeness (QED) is 0.496. The van der Waals surface area contributed by atoms with Crippen molar-refractivity contribution in [1.29, 1.82) is 0 Å². The summed E-state index contributed by atoms with van der Waals surface area (Å²) in [6, 6.07) is 7.12. The van der Waals surface area contributed by atoms with Gasteiger partial charge in [0.1, 0.15) is 5.82 Å². The fourth-order valence-electron chi connectivity index (χ4n) is 2.60. The van der Waals surface area contributed by atoms with E-state index in [1.54, 1.807) is 6.92 Å². The Labute approximate surface area is 167 Å². The van der Waals surface area contributed by atoms with Crippen LogP contribution in [0.25, 0.3) is 5.82 Å². The lowest BCUT2D eigenvalue weighted by atomic mass is 10.1. The van der Waals surface area contributed by atoms with Crippen molar-refractivity contribution >= 4 is 17.4 Å². The molecule has 1 N–H and O–H groups in total. The van der Waals surface area contributed by atoms with E-state index in [2.05, 4.69) is 15.4 Å².